The summed E-state index contributed by atoms with van der Waals surface area (Å²) in [7, 11) is 0. The summed E-state index contributed by atoms with van der Waals surface area (Å²) >= 11 is 4.17. The molecule has 3 heteroatoms. The van der Waals surface area contributed by atoms with Gasteiger partial charge in [0.05, 0.1) is 10.2 Å². The predicted molar refractivity (Wildman–Crippen MR) is 115 cm³/mol. The van der Waals surface area contributed by atoms with Crippen molar-refractivity contribution in [2.75, 3.05) is 11.5 Å². The first-order valence-corrected chi connectivity index (χ1v) is 11.4. The zero-order chi connectivity index (χ0) is 18.0. The Morgan fingerprint density at radius 3 is 2.23 bits per heavy atom. The highest BCUT2D eigenvalue weighted by Gasteiger charge is 2.63. The molecule has 0 spiro atoms. The number of aliphatic hydroxyl groups excluding tert-OH is 1. The van der Waals surface area contributed by atoms with Gasteiger partial charge in [-0.25, -0.2) is 0 Å². The second kappa shape index (κ2) is 7.84. The Morgan fingerprint density at radius 2 is 1.62 bits per heavy atom. The standard InChI is InChI=1S/C23H26OS2/c1-2-14-23(25-15-9-16-26-23)21-19(17-10-5-3-6-11-17)20(21)22(24)18-12-7-4-8-13-18/h2-8,10-14,19-22,24H,9,15-16H2,1H3/b14-2+/t19-,20-,21+,22+/m0/s1. The molecule has 0 unspecified atom stereocenters. The van der Waals surface area contributed by atoms with Gasteiger partial charge in [0.25, 0.3) is 0 Å². The van der Waals surface area contributed by atoms with Gasteiger partial charge < -0.3 is 5.11 Å². The van der Waals surface area contributed by atoms with E-state index in [0.717, 1.165) is 5.56 Å². The molecule has 1 N–H and O–H groups in total. The lowest BCUT2D eigenvalue weighted by Gasteiger charge is -2.35. The smallest absolute Gasteiger partial charge is 0.0829 e. The quantitative estimate of drug-likeness (QED) is 0.651. The van der Waals surface area contributed by atoms with Crippen molar-refractivity contribution < 1.29 is 5.11 Å². The number of thioether (sulfide) groups is 2. The summed E-state index contributed by atoms with van der Waals surface area (Å²) in [5.41, 5.74) is 2.41. The molecule has 1 aliphatic heterocycles. The number of rotatable bonds is 5. The van der Waals surface area contributed by atoms with Crippen LogP contribution in [0.15, 0.2) is 72.8 Å². The molecule has 4 rings (SSSR count). The Labute approximate surface area is 165 Å². The second-order valence-corrected chi connectivity index (χ2v) is 10.2. The van der Waals surface area contributed by atoms with Gasteiger partial charge in [-0.3, -0.25) is 0 Å². The van der Waals surface area contributed by atoms with E-state index in [1.807, 2.05) is 18.2 Å². The minimum atomic E-state index is -0.406. The molecule has 2 fully saturated rings. The lowest BCUT2D eigenvalue weighted by atomic mass is 10.0. The summed E-state index contributed by atoms with van der Waals surface area (Å²) in [6, 6.07) is 21.0. The van der Waals surface area contributed by atoms with E-state index in [1.165, 1.54) is 23.5 Å². The van der Waals surface area contributed by atoms with Gasteiger partial charge in [-0.1, -0.05) is 72.8 Å². The molecule has 1 aliphatic carbocycles. The van der Waals surface area contributed by atoms with Gasteiger partial charge in [-0.05, 0) is 47.8 Å². The van der Waals surface area contributed by atoms with Crippen LogP contribution >= 0.6 is 23.5 Å². The van der Waals surface area contributed by atoms with E-state index in [1.54, 1.807) is 0 Å². The van der Waals surface area contributed by atoms with Crippen molar-refractivity contribution in [2.45, 2.75) is 29.4 Å². The Kier molecular flexibility index (Phi) is 5.49. The number of aliphatic hydroxyl groups is 1. The van der Waals surface area contributed by atoms with Crippen molar-refractivity contribution >= 4 is 23.5 Å². The summed E-state index contributed by atoms with van der Waals surface area (Å²) in [5.74, 6) is 3.58. The van der Waals surface area contributed by atoms with Crippen LogP contribution in [0, 0.1) is 11.8 Å². The van der Waals surface area contributed by atoms with Crippen LogP contribution in [0.1, 0.15) is 36.5 Å². The Balaban J connectivity index is 1.70. The van der Waals surface area contributed by atoms with Crippen LogP contribution in [0.25, 0.3) is 0 Å². The van der Waals surface area contributed by atoms with E-state index in [4.69, 9.17) is 0 Å². The van der Waals surface area contributed by atoms with E-state index < -0.39 is 6.10 Å². The first kappa shape index (κ1) is 18.2. The molecular formula is C23H26OS2. The predicted octanol–water partition coefficient (Wildman–Crippen LogP) is 5.89. The zero-order valence-electron chi connectivity index (χ0n) is 15.1. The maximum absolute atomic E-state index is 11.2. The van der Waals surface area contributed by atoms with Gasteiger partial charge in [0.2, 0.25) is 0 Å². The minimum Gasteiger partial charge on any atom is -0.388 e. The highest BCUT2D eigenvalue weighted by molar-refractivity contribution is 8.19. The minimum absolute atomic E-state index is 0.0912. The van der Waals surface area contributed by atoms with Gasteiger partial charge in [-0.15, -0.1) is 23.5 Å². The second-order valence-electron chi connectivity index (χ2n) is 7.17. The maximum Gasteiger partial charge on any atom is 0.0829 e. The van der Waals surface area contributed by atoms with Gasteiger partial charge in [0, 0.05) is 5.92 Å². The fraction of sp³-hybridized carbons (Fsp3) is 0.391. The van der Waals surface area contributed by atoms with Gasteiger partial charge in [-0.2, -0.15) is 0 Å². The number of hydrogen-bond acceptors (Lipinski definition) is 3. The van der Waals surface area contributed by atoms with E-state index in [0.29, 0.717) is 11.8 Å². The lowest BCUT2D eigenvalue weighted by molar-refractivity contribution is 0.145. The molecule has 1 nitrogen and oxygen atoms in total. The Bertz CT molecular complexity index is 737. The zero-order valence-corrected chi connectivity index (χ0v) is 16.8. The third-order valence-corrected chi connectivity index (χ3v) is 8.98. The average molecular weight is 383 g/mol. The molecule has 4 atom stereocenters. The van der Waals surface area contributed by atoms with Crippen LogP contribution in [0.4, 0.5) is 0 Å². The van der Waals surface area contributed by atoms with Gasteiger partial charge >= 0.3 is 0 Å². The Morgan fingerprint density at radius 1 is 1.00 bits per heavy atom. The third-order valence-electron chi connectivity index (χ3n) is 5.57. The van der Waals surface area contributed by atoms with Crippen molar-refractivity contribution in [3.63, 3.8) is 0 Å². The molecule has 2 aliphatic rings. The SMILES string of the molecule is C/C=C/C1([C@@H]2[C@@H](c3ccccc3)[C@@H]2[C@H](O)c2ccccc2)SCCCS1. The first-order chi connectivity index (χ1) is 12.8. The van der Waals surface area contributed by atoms with E-state index in [-0.39, 0.29) is 10.00 Å². The average Bonchev–Trinajstić information content (AvgIpc) is 3.46. The molecule has 26 heavy (non-hydrogen) atoms. The molecule has 0 amide bonds. The molecular weight excluding hydrogens is 356 g/mol. The van der Waals surface area contributed by atoms with Crippen molar-refractivity contribution in [1.82, 2.24) is 0 Å². The van der Waals surface area contributed by atoms with E-state index >= 15 is 0 Å². The molecule has 2 aromatic rings. The van der Waals surface area contributed by atoms with Gasteiger partial charge in [0.1, 0.15) is 0 Å². The van der Waals surface area contributed by atoms with Gasteiger partial charge in [0.15, 0.2) is 0 Å². The summed E-state index contributed by atoms with van der Waals surface area (Å²) < 4.78 is 0.0912. The fourth-order valence-corrected chi connectivity index (χ4v) is 8.11. The molecule has 1 heterocycles. The molecule has 1 saturated carbocycles. The third kappa shape index (κ3) is 3.37. The largest absolute Gasteiger partial charge is 0.388 e. The normalized spacial score (nSPS) is 28.8. The molecule has 0 bridgehead atoms. The monoisotopic (exact) mass is 382 g/mol. The lowest BCUT2D eigenvalue weighted by Crippen LogP contribution is -2.27. The highest BCUT2D eigenvalue weighted by atomic mass is 32.2. The summed E-state index contributed by atoms with van der Waals surface area (Å²) in [4.78, 5) is 0. The fourth-order valence-electron chi connectivity index (χ4n) is 4.42. The van der Waals surface area contributed by atoms with Crippen molar-refractivity contribution in [2.24, 2.45) is 11.8 Å². The molecule has 136 valence electrons. The maximum atomic E-state index is 11.2. The summed E-state index contributed by atoms with van der Waals surface area (Å²) in [6.45, 7) is 2.13. The molecule has 0 radical (unpaired) electrons. The van der Waals surface area contributed by atoms with Crippen molar-refractivity contribution in [3.8, 4) is 0 Å². The van der Waals surface area contributed by atoms with E-state index in [2.05, 4.69) is 85.1 Å². The molecule has 1 saturated heterocycles. The number of benzene rings is 2. The summed E-state index contributed by atoms with van der Waals surface area (Å²) in [5, 5.41) is 11.2. The van der Waals surface area contributed by atoms with Crippen LogP contribution in [-0.2, 0) is 0 Å². The van der Waals surface area contributed by atoms with Crippen LogP contribution in [-0.4, -0.2) is 20.7 Å². The van der Waals surface area contributed by atoms with Crippen LogP contribution < -0.4 is 0 Å². The van der Waals surface area contributed by atoms with Crippen molar-refractivity contribution in [3.05, 3.63) is 83.9 Å². The van der Waals surface area contributed by atoms with Crippen LogP contribution in [0.2, 0.25) is 0 Å². The summed E-state index contributed by atoms with van der Waals surface area (Å²) in [6.07, 6.45) is 5.48. The topological polar surface area (TPSA) is 20.2 Å². The first-order valence-electron chi connectivity index (χ1n) is 9.46. The van der Waals surface area contributed by atoms with Crippen LogP contribution in [0.5, 0.6) is 0 Å². The Hall–Kier alpha value is -1.16. The molecule has 0 aromatic heterocycles. The van der Waals surface area contributed by atoms with Crippen LogP contribution in [0.3, 0.4) is 0 Å². The molecule has 2 aromatic carbocycles. The highest BCUT2D eigenvalue weighted by Crippen LogP contribution is 2.70. The van der Waals surface area contributed by atoms with E-state index in [9.17, 15) is 5.11 Å². The number of allylic oxidation sites excluding steroid dienone is 1. The number of hydrogen-bond donors (Lipinski definition) is 1. The van der Waals surface area contributed by atoms with Crippen molar-refractivity contribution in [1.29, 1.82) is 0 Å².